The summed E-state index contributed by atoms with van der Waals surface area (Å²) in [4.78, 5) is 25.9. The summed E-state index contributed by atoms with van der Waals surface area (Å²) in [7, 11) is 0. The summed E-state index contributed by atoms with van der Waals surface area (Å²) in [6.07, 6.45) is 0.720. The van der Waals surface area contributed by atoms with Crippen molar-refractivity contribution in [1.82, 2.24) is 10.2 Å². The van der Waals surface area contributed by atoms with E-state index < -0.39 is 5.54 Å². The Kier molecular flexibility index (Phi) is 3.12. The minimum atomic E-state index is -0.752. The first-order valence-electron chi connectivity index (χ1n) is 6.16. The molecule has 0 aromatic carbocycles. The molecule has 2 unspecified atom stereocenters. The van der Waals surface area contributed by atoms with Crippen LogP contribution in [0.25, 0.3) is 0 Å². The Balaban J connectivity index is 2.15. The minimum Gasteiger partial charge on any atom is -0.378 e. The quantitative estimate of drug-likeness (QED) is 0.709. The van der Waals surface area contributed by atoms with Gasteiger partial charge in [-0.1, -0.05) is 0 Å². The van der Waals surface area contributed by atoms with Crippen molar-refractivity contribution in [2.75, 3.05) is 19.7 Å². The summed E-state index contributed by atoms with van der Waals surface area (Å²) in [6, 6.07) is 0. The summed E-state index contributed by atoms with van der Waals surface area (Å²) in [5, 5.41) is 2.79. The van der Waals surface area contributed by atoms with E-state index >= 15 is 0 Å². The fourth-order valence-corrected chi connectivity index (χ4v) is 2.54. The van der Waals surface area contributed by atoms with Gasteiger partial charge in [0.2, 0.25) is 11.8 Å². The van der Waals surface area contributed by atoms with Crippen molar-refractivity contribution in [3.63, 3.8) is 0 Å². The zero-order chi connectivity index (χ0) is 12.6. The largest absolute Gasteiger partial charge is 0.378 e. The summed E-state index contributed by atoms with van der Waals surface area (Å²) in [5.41, 5.74) is -0.752. The van der Waals surface area contributed by atoms with Gasteiger partial charge in [-0.05, 0) is 27.2 Å². The van der Waals surface area contributed by atoms with Crippen LogP contribution in [-0.4, -0.2) is 48.1 Å². The van der Waals surface area contributed by atoms with Gasteiger partial charge in [0.25, 0.3) is 0 Å². The van der Waals surface area contributed by atoms with Crippen LogP contribution in [0.5, 0.6) is 0 Å². The summed E-state index contributed by atoms with van der Waals surface area (Å²) in [5.74, 6) is -0.126. The van der Waals surface area contributed by atoms with Crippen molar-refractivity contribution in [3.8, 4) is 0 Å². The monoisotopic (exact) mass is 240 g/mol. The Hall–Kier alpha value is -1.10. The Labute approximate surface area is 101 Å². The molecule has 96 valence electrons. The molecule has 2 fully saturated rings. The highest BCUT2D eigenvalue weighted by molar-refractivity contribution is 5.92. The van der Waals surface area contributed by atoms with E-state index in [0.717, 1.165) is 6.42 Å². The lowest BCUT2D eigenvalue weighted by atomic mass is 9.93. The molecular formula is C12H20N2O3. The number of nitrogens with one attached hydrogen (secondary N) is 1. The zero-order valence-electron chi connectivity index (χ0n) is 10.7. The highest BCUT2D eigenvalue weighted by Crippen LogP contribution is 2.27. The number of nitrogens with zero attached hydrogens (tertiary/aromatic N) is 1. The maximum atomic E-state index is 12.4. The van der Waals surface area contributed by atoms with Gasteiger partial charge in [0.05, 0.1) is 12.0 Å². The standard InChI is InChI=1S/C12H20N2O3/c1-8-9(4-7-17-8)10(15)14-6-5-13-11(16)12(14,2)3/h8-9H,4-7H2,1-3H3,(H,13,16). The van der Waals surface area contributed by atoms with E-state index in [-0.39, 0.29) is 23.8 Å². The van der Waals surface area contributed by atoms with Gasteiger partial charge in [-0.25, -0.2) is 0 Å². The molecule has 1 N–H and O–H groups in total. The molecule has 2 amide bonds. The van der Waals surface area contributed by atoms with Crippen molar-refractivity contribution in [1.29, 1.82) is 0 Å². The van der Waals surface area contributed by atoms with E-state index in [9.17, 15) is 9.59 Å². The number of rotatable bonds is 1. The predicted octanol–water partition coefficient (Wildman–Crippen LogP) is 0.148. The van der Waals surface area contributed by atoms with Crippen LogP contribution in [-0.2, 0) is 14.3 Å². The molecule has 2 aliphatic heterocycles. The maximum Gasteiger partial charge on any atom is 0.245 e. The van der Waals surface area contributed by atoms with Crippen LogP contribution in [0.15, 0.2) is 0 Å². The van der Waals surface area contributed by atoms with E-state index in [1.807, 2.05) is 6.92 Å². The number of ether oxygens (including phenoxy) is 1. The molecule has 2 aliphatic rings. The van der Waals surface area contributed by atoms with Crippen LogP contribution in [0.1, 0.15) is 27.2 Å². The number of hydrogen-bond donors (Lipinski definition) is 1. The van der Waals surface area contributed by atoms with Crippen LogP contribution in [0.4, 0.5) is 0 Å². The van der Waals surface area contributed by atoms with Gasteiger partial charge >= 0.3 is 0 Å². The Morgan fingerprint density at radius 1 is 1.53 bits per heavy atom. The molecule has 0 aliphatic carbocycles. The third-order valence-electron chi connectivity index (χ3n) is 3.81. The topological polar surface area (TPSA) is 58.6 Å². The average Bonchev–Trinajstić information content (AvgIpc) is 2.68. The molecular weight excluding hydrogens is 220 g/mol. The smallest absolute Gasteiger partial charge is 0.245 e. The molecule has 0 bridgehead atoms. The summed E-state index contributed by atoms with van der Waals surface area (Å²) >= 11 is 0. The molecule has 0 saturated carbocycles. The highest BCUT2D eigenvalue weighted by atomic mass is 16.5. The molecule has 2 atom stereocenters. The third-order valence-corrected chi connectivity index (χ3v) is 3.81. The molecule has 0 radical (unpaired) electrons. The Morgan fingerprint density at radius 2 is 2.24 bits per heavy atom. The van der Waals surface area contributed by atoms with E-state index in [1.165, 1.54) is 0 Å². The normalized spacial score (nSPS) is 32.4. The van der Waals surface area contributed by atoms with Gasteiger partial charge in [-0.15, -0.1) is 0 Å². The lowest BCUT2D eigenvalue weighted by Crippen LogP contribution is -2.64. The summed E-state index contributed by atoms with van der Waals surface area (Å²) in [6.45, 7) is 7.26. The average molecular weight is 240 g/mol. The van der Waals surface area contributed by atoms with E-state index in [2.05, 4.69) is 5.32 Å². The number of piperazine rings is 1. The molecule has 5 heteroatoms. The first kappa shape index (κ1) is 12.4. The maximum absolute atomic E-state index is 12.4. The lowest BCUT2D eigenvalue weighted by Gasteiger charge is -2.42. The van der Waals surface area contributed by atoms with Crippen LogP contribution >= 0.6 is 0 Å². The summed E-state index contributed by atoms with van der Waals surface area (Å²) < 4.78 is 5.42. The molecule has 5 nitrogen and oxygen atoms in total. The molecule has 0 aromatic heterocycles. The molecule has 0 spiro atoms. The van der Waals surface area contributed by atoms with Gasteiger partial charge in [-0.2, -0.15) is 0 Å². The van der Waals surface area contributed by atoms with E-state index in [0.29, 0.717) is 19.7 Å². The van der Waals surface area contributed by atoms with Gasteiger partial charge in [-0.3, -0.25) is 9.59 Å². The van der Waals surface area contributed by atoms with Crippen molar-refractivity contribution < 1.29 is 14.3 Å². The SMILES string of the molecule is CC1OCCC1C(=O)N1CCNC(=O)C1(C)C. The van der Waals surface area contributed by atoms with Crippen molar-refractivity contribution in [3.05, 3.63) is 0 Å². The molecule has 2 rings (SSSR count). The fourth-order valence-electron chi connectivity index (χ4n) is 2.54. The fraction of sp³-hybridized carbons (Fsp3) is 0.833. The molecule has 2 heterocycles. The van der Waals surface area contributed by atoms with Crippen LogP contribution in [0.3, 0.4) is 0 Å². The Morgan fingerprint density at radius 3 is 2.82 bits per heavy atom. The number of hydrogen-bond acceptors (Lipinski definition) is 3. The number of carbonyl (C=O) groups is 2. The molecule has 17 heavy (non-hydrogen) atoms. The van der Waals surface area contributed by atoms with E-state index in [4.69, 9.17) is 4.74 Å². The molecule has 2 saturated heterocycles. The van der Waals surface area contributed by atoms with Crippen LogP contribution in [0, 0.1) is 5.92 Å². The van der Waals surface area contributed by atoms with E-state index in [1.54, 1.807) is 18.7 Å². The Bertz CT molecular complexity index is 341. The van der Waals surface area contributed by atoms with Crippen molar-refractivity contribution in [2.45, 2.75) is 38.8 Å². The van der Waals surface area contributed by atoms with Gasteiger partial charge in [0.1, 0.15) is 5.54 Å². The van der Waals surface area contributed by atoms with Gasteiger partial charge in [0, 0.05) is 19.7 Å². The molecule has 0 aromatic rings. The van der Waals surface area contributed by atoms with Crippen molar-refractivity contribution >= 4 is 11.8 Å². The van der Waals surface area contributed by atoms with Crippen LogP contribution < -0.4 is 5.32 Å². The lowest BCUT2D eigenvalue weighted by molar-refractivity contribution is -0.153. The second kappa shape index (κ2) is 4.29. The third kappa shape index (κ3) is 2.04. The van der Waals surface area contributed by atoms with Gasteiger partial charge in [0.15, 0.2) is 0 Å². The van der Waals surface area contributed by atoms with Crippen molar-refractivity contribution in [2.24, 2.45) is 5.92 Å². The predicted molar refractivity (Wildman–Crippen MR) is 62.3 cm³/mol. The highest BCUT2D eigenvalue weighted by Gasteiger charge is 2.44. The number of carbonyl (C=O) groups excluding carboxylic acids is 2. The second-order valence-electron chi connectivity index (χ2n) is 5.28. The first-order valence-corrected chi connectivity index (χ1v) is 6.16. The zero-order valence-corrected chi connectivity index (χ0v) is 10.7. The van der Waals surface area contributed by atoms with Gasteiger partial charge < -0.3 is 15.0 Å². The second-order valence-corrected chi connectivity index (χ2v) is 5.28. The first-order chi connectivity index (χ1) is 7.94. The number of amides is 2. The van der Waals surface area contributed by atoms with Crippen LogP contribution in [0.2, 0.25) is 0 Å². The minimum absolute atomic E-state index is 0.0386.